The Morgan fingerprint density at radius 3 is 2.50 bits per heavy atom. The fourth-order valence-electron chi connectivity index (χ4n) is 2.38. The average molecular weight is 244 g/mol. The Morgan fingerprint density at radius 2 is 1.89 bits per heavy atom. The molecule has 1 amide bonds. The van der Waals surface area contributed by atoms with Gasteiger partial charge in [-0.1, -0.05) is 18.7 Å². The number of carbonyl (C=O) groups is 1. The van der Waals surface area contributed by atoms with E-state index in [1.807, 2.05) is 4.90 Å². The van der Waals surface area contributed by atoms with E-state index in [1.54, 1.807) is 0 Å². The summed E-state index contributed by atoms with van der Waals surface area (Å²) in [6, 6.07) is 6.39. The van der Waals surface area contributed by atoms with Crippen molar-refractivity contribution in [3.63, 3.8) is 0 Å². The minimum Gasteiger partial charge on any atom is -0.368 e. The van der Waals surface area contributed by atoms with Gasteiger partial charge in [0.25, 0.3) is 0 Å². The summed E-state index contributed by atoms with van der Waals surface area (Å²) in [5.74, 6) is 0.0376. The lowest BCUT2D eigenvalue weighted by atomic mass is 10.1. The minimum absolute atomic E-state index is 0.0376. The number of piperazine rings is 1. The van der Waals surface area contributed by atoms with Gasteiger partial charge in [-0.05, 0) is 37.1 Å². The molecule has 0 atom stereocenters. The Labute approximate surface area is 109 Å². The van der Waals surface area contributed by atoms with E-state index in [-0.39, 0.29) is 5.91 Å². The summed E-state index contributed by atoms with van der Waals surface area (Å²) in [6.07, 6.45) is 1.40. The summed E-state index contributed by atoms with van der Waals surface area (Å²) in [5.41, 5.74) is 3.94. The maximum atomic E-state index is 11.5. The van der Waals surface area contributed by atoms with Crippen molar-refractivity contribution in [2.75, 3.05) is 31.1 Å². The highest BCUT2D eigenvalue weighted by atomic mass is 16.2. The first-order chi connectivity index (χ1) is 8.63. The molecule has 0 aromatic heterocycles. The normalized spacial score (nSPS) is 15.7. The first kappa shape index (κ1) is 12.7. The fraction of sp³-hybridized carbons (Fsp3) is 0.400. The van der Waals surface area contributed by atoms with Gasteiger partial charge in [0.05, 0.1) is 0 Å². The van der Waals surface area contributed by atoms with E-state index < -0.39 is 0 Å². The smallest absolute Gasteiger partial charge is 0.246 e. The molecule has 0 radical (unpaired) electrons. The topological polar surface area (TPSA) is 23.6 Å². The molecule has 0 unspecified atom stereocenters. The van der Waals surface area contributed by atoms with Crippen molar-refractivity contribution in [1.82, 2.24) is 4.90 Å². The van der Waals surface area contributed by atoms with Crippen molar-refractivity contribution in [3.05, 3.63) is 42.0 Å². The number of carbonyl (C=O) groups excluding carboxylic acids is 1. The number of anilines is 1. The zero-order valence-electron chi connectivity index (χ0n) is 11.1. The third kappa shape index (κ3) is 2.40. The van der Waals surface area contributed by atoms with Crippen molar-refractivity contribution in [3.8, 4) is 0 Å². The van der Waals surface area contributed by atoms with E-state index in [2.05, 4.69) is 43.5 Å². The van der Waals surface area contributed by atoms with Crippen LogP contribution in [0.4, 0.5) is 5.69 Å². The molecule has 1 fully saturated rings. The van der Waals surface area contributed by atoms with Crippen LogP contribution < -0.4 is 4.90 Å². The molecule has 3 nitrogen and oxygen atoms in total. The van der Waals surface area contributed by atoms with Crippen molar-refractivity contribution in [1.29, 1.82) is 0 Å². The first-order valence-corrected chi connectivity index (χ1v) is 6.36. The SMILES string of the molecule is C=CC(=O)N1CCN(c2cccc(C)c2C)CC1. The van der Waals surface area contributed by atoms with Gasteiger partial charge in [-0.15, -0.1) is 0 Å². The third-order valence-corrected chi connectivity index (χ3v) is 3.68. The van der Waals surface area contributed by atoms with E-state index >= 15 is 0 Å². The molecule has 18 heavy (non-hydrogen) atoms. The summed E-state index contributed by atoms with van der Waals surface area (Å²) >= 11 is 0. The van der Waals surface area contributed by atoms with E-state index in [0.29, 0.717) is 0 Å². The molecule has 1 heterocycles. The minimum atomic E-state index is 0.0376. The molecule has 0 spiro atoms. The summed E-state index contributed by atoms with van der Waals surface area (Å²) in [6.45, 7) is 11.2. The second-order valence-corrected chi connectivity index (χ2v) is 4.74. The maximum absolute atomic E-state index is 11.5. The third-order valence-electron chi connectivity index (χ3n) is 3.68. The van der Waals surface area contributed by atoms with Gasteiger partial charge in [0.1, 0.15) is 0 Å². The predicted octanol–water partition coefficient (Wildman–Crippen LogP) is 2.14. The van der Waals surface area contributed by atoms with Gasteiger partial charge in [0.2, 0.25) is 5.91 Å². The number of benzene rings is 1. The number of aryl methyl sites for hydroxylation is 1. The van der Waals surface area contributed by atoms with Gasteiger partial charge in [-0.3, -0.25) is 4.79 Å². The molecule has 1 aromatic rings. The molecule has 0 bridgehead atoms. The number of hydrogen-bond donors (Lipinski definition) is 0. The Hall–Kier alpha value is -1.77. The van der Waals surface area contributed by atoms with Crippen LogP contribution in [-0.2, 0) is 4.79 Å². The quantitative estimate of drug-likeness (QED) is 0.744. The molecule has 0 aliphatic carbocycles. The van der Waals surface area contributed by atoms with Gasteiger partial charge >= 0.3 is 0 Å². The monoisotopic (exact) mass is 244 g/mol. The Bertz CT molecular complexity index is 460. The maximum Gasteiger partial charge on any atom is 0.246 e. The van der Waals surface area contributed by atoms with Crippen LogP contribution in [0.25, 0.3) is 0 Å². The number of amides is 1. The molecule has 0 N–H and O–H groups in total. The molecule has 3 heteroatoms. The van der Waals surface area contributed by atoms with E-state index in [1.165, 1.54) is 22.9 Å². The van der Waals surface area contributed by atoms with Crippen LogP contribution in [0.3, 0.4) is 0 Å². The van der Waals surface area contributed by atoms with Gasteiger partial charge in [0, 0.05) is 31.9 Å². The lowest BCUT2D eigenvalue weighted by Gasteiger charge is -2.36. The van der Waals surface area contributed by atoms with Crippen molar-refractivity contribution in [2.24, 2.45) is 0 Å². The molecule has 1 saturated heterocycles. The molecule has 0 saturated carbocycles. The molecule has 1 aliphatic heterocycles. The van der Waals surface area contributed by atoms with Gasteiger partial charge < -0.3 is 9.80 Å². The van der Waals surface area contributed by atoms with Crippen LogP contribution in [0.2, 0.25) is 0 Å². The van der Waals surface area contributed by atoms with Gasteiger partial charge in [0.15, 0.2) is 0 Å². The summed E-state index contributed by atoms with van der Waals surface area (Å²) in [7, 11) is 0. The van der Waals surface area contributed by atoms with Crippen LogP contribution in [0, 0.1) is 13.8 Å². The molecule has 96 valence electrons. The Morgan fingerprint density at radius 1 is 1.22 bits per heavy atom. The summed E-state index contributed by atoms with van der Waals surface area (Å²) in [5, 5.41) is 0. The first-order valence-electron chi connectivity index (χ1n) is 6.36. The van der Waals surface area contributed by atoms with Crippen molar-refractivity contribution < 1.29 is 4.79 Å². The molecule has 2 rings (SSSR count). The lowest BCUT2D eigenvalue weighted by molar-refractivity contribution is -0.126. The molecule has 1 aliphatic rings. The second kappa shape index (κ2) is 5.25. The Balaban J connectivity index is 2.08. The summed E-state index contributed by atoms with van der Waals surface area (Å²) in [4.78, 5) is 15.7. The average Bonchev–Trinajstić information content (AvgIpc) is 2.41. The summed E-state index contributed by atoms with van der Waals surface area (Å²) < 4.78 is 0. The highest BCUT2D eigenvalue weighted by Gasteiger charge is 2.20. The van der Waals surface area contributed by atoms with Crippen LogP contribution in [0.1, 0.15) is 11.1 Å². The van der Waals surface area contributed by atoms with E-state index in [9.17, 15) is 4.79 Å². The highest BCUT2D eigenvalue weighted by molar-refractivity contribution is 5.87. The lowest BCUT2D eigenvalue weighted by Crippen LogP contribution is -2.48. The number of rotatable bonds is 2. The Kier molecular flexibility index (Phi) is 3.70. The number of hydrogen-bond acceptors (Lipinski definition) is 2. The van der Waals surface area contributed by atoms with E-state index in [4.69, 9.17) is 0 Å². The van der Waals surface area contributed by atoms with Gasteiger partial charge in [-0.2, -0.15) is 0 Å². The largest absolute Gasteiger partial charge is 0.368 e. The molecular weight excluding hydrogens is 224 g/mol. The van der Waals surface area contributed by atoms with Crippen molar-refractivity contribution >= 4 is 11.6 Å². The fourth-order valence-corrected chi connectivity index (χ4v) is 2.38. The number of nitrogens with zero attached hydrogens (tertiary/aromatic N) is 2. The van der Waals surface area contributed by atoms with Crippen LogP contribution in [-0.4, -0.2) is 37.0 Å². The van der Waals surface area contributed by atoms with Gasteiger partial charge in [-0.25, -0.2) is 0 Å². The zero-order valence-corrected chi connectivity index (χ0v) is 11.1. The van der Waals surface area contributed by atoms with E-state index in [0.717, 1.165) is 26.2 Å². The molecular formula is C15H20N2O. The van der Waals surface area contributed by atoms with Crippen LogP contribution in [0.15, 0.2) is 30.9 Å². The second-order valence-electron chi connectivity index (χ2n) is 4.74. The highest BCUT2D eigenvalue weighted by Crippen LogP contribution is 2.23. The van der Waals surface area contributed by atoms with Crippen LogP contribution in [0.5, 0.6) is 0 Å². The predicted molar refractivity (Wildman–Crippen MR) is 74.9 cm³/mol. The molecule has 1 aromatic carbocycles. The van der Waals surface area contributed by atoms with Crippen LogP contribution >= 0.6 is 0 Å². The standard InChI is InChI=1S/C15H20N2O/c1-4-15(18)17-10-8-16(9-11-17)14-7-5-6-12(2)13(14)3/h4-7H,1,8-11H2,2-3H3. The van der Waals surface area contributed by atoms with Crippen molar-refractivity contribution in [2.45, 2.75) is 13.8 Å². The zero-order chi connectivity index (χ0) is 13.1.